The molecule has 0 saturated carbocycles. The van der Waals surface area contributed by atoms with E-state index in [0.717, 1.165) is 5.56 Å². The van der Waals surface area contributed by atoms with Crippen LogP contribution in [0.15, 0.2) is 73.1 Å². The Morgan fingerprint density at radius 2 is 1.83 bits per heavy atom. The van der Waals surface area contributed by atoms with Crippen molar-refractivity contribution in [3.05, 3.63) is 89.7 Å². The number of anilines is 2. The summed E-state index contributed by atoms with van der Waals surface area (Å²) in [5, 5.41) is 16.5. The monoisotopic (exact) mass is 485 g/mol. The molecule has 0 aliphatic heterocycles. The van der Waals surface area contributed by atoms with Gasteiger partial charge in [-0.15, -0.1) is 0 Å². The maximum Gasteiger partial charge on any atom is 0.255 e. The van der Waals surface area contributed by atoms with E-state index in [-0.39, 0.29) is 18.6 Å². The van der Waals surface area contributed by atoms with Gasteiger partial charge in [-0.25, -0.2) is 9.97 Å². The van der Waals surface area contributed by atoms with Crippen molar-refractivity contribution in [2.75, 3.05) is 24.4 Å². The minimum absolute atomic E-state index is 0.0302. The fourth-order valence-corrected chi connectivity index (χ4v) is 3.96. The number of carbonyl (C=O) groups is 2. The fraction of sp³-hybridized carbons (Fsp3) is 0.185. The number of hydrogen-bond acceptors (Lipinski definition) is 7. The van der Waals surface area contributed by atoms with Crippen LogP contribution in [0.25, 0.3) is 10.9 Å². The zero-order valence-corrected chi connectivity index (χ0v) is 19.8. The number of amides is 2. The standard InChI is InChI=1S/C27H27N5O4/c1-36-20-12-10-17(11-13-20)27(35)31-19-6-2-5-18(15-19)23(9-4-14-33)32-26-22-8-3-7-21(25(28)34)24(22)29-16-30-26/h2-3,5-8,10-13,15-16,23,33H,4,9,14H2,1H3,(H2,28,34)(H,31,35)(H,29,30,32). The van der Waals surface area contributed by atoms with Gasteiger partial charge in [0, 0.05) is 23.2 Å². The second-order valence-corrected chi connectivity index (χ2v) is 8.16. The lowest BCUT2D eigenvalue weighted by atomic mass is 10.0. The molecule has 1 aromatic heterocycles. The summed E-state index contributed by atoms with van der Waals surface area (Å²) in [5.74, 6) is 0.406. The predicted octanol–water partition coefficient (Wildman–Crippen LogP) is 3.92. The molecule has 1 unspecified atom stereocenters. The van der Waals surface area contributed by atoms with Crippen molar-refractivity contribution in [3.63, 3.8) is 0 Å². The number of aliphatic hydroxyl groups excluding tert-OH is 1. The van der Waals surface area contributed by atoms with Crippen LogP contribution >= 0.6 is 0 Å². The molecule has 1 heterocycles. The highest BCUT2D eigenvalue weighted by Crippen LogP contribution is 2.29. The van der Waals surface area contributed by atoms with Crippen molar-refractivity contribution >= 4 is 34.2 Å². The fourth-order valence-electron chi connectivity index (χ4n) is 3.96. The number of nitrogens with two attached hydrogens (primary N) is 1. The van der Waals surface area contributed by atoms with Gasteiger partial charge in [0.2, 0.25) is 0 Å². The quantitative estimate of drug-likeness (QED) is 0.267. The van der Waals surface area contributed by atoms with Gasteiger partial charge in [-0.3, -0.25) is 9.59 Å². The van der Waals surface area contributed by atoms with E-state index in [9.17, 15) is 14.7 Å². The second-order valence-electron chi connectivity index (χ2n) is 8.16. The summed E-state index contributed by atoms with van der Waals surface area (Å²) in [6.07, 6.45) is 2.54. The number of para-hydroxylation sites is 1. The minimum Gasteiger partial charge on any atom is -0.497 e. The summed E-state index contributed by atoms with van der Waals surface area (Å²) >= 11 is 0. The smallest absolute Gasteiger partial charge is 0.255 e. The molecule has 4 aromatic rings. The van der Waals surface area contributed by atoms with Crippen molar-refractivity contribution in [2.24, 2.45) is 5.73 Å². The first-order chi connectivity index (χ1) is 17.5. The molecule has 5 N–H and O–H groups in total. The molecule has 9 nitrogen and oxygen atoms in total. The molecule has 9 heteroatoms. The number of hydrogen-bond donors (Lipinski definition) is 4. The number of nitrogens with one attached hydrogen (secondary N) is 2. The lowest BCUT2D eigenvalue weighted by Gasteiger charge is -2.21. The van der Waals surface area contributed by atoms with E-state index in [1.54, 1.807) is 43.5 Å². The van der Waals surface area contributed by atoms with Gasteiger partial charge in [0.1, 0.15) is 17.9 Å². The number of rotatable bonds is 10. The Morgan fingerprint density at radius 1 is 1.06 bits per heavy atom. The summed E-state index contributed by atoms with van der Waals surface area (Å²) in [5.41, 5.74) is 8.32. The third-order valence-corrected chi connectivity index (χ3v) is 5.79. The molecule has 0 bridgehead atoms. The highest BCUT2D eigenvalue weighted by atomic mass is 16.5. The number of ether oxygens (including phenoxy) is 1. The number of aromatic nitrogens is 2. The predicted molar refractivity (Wildman–Crippen MR) is 138 cm³/mol. The molecule has 0 aliphatic carbocycles. The zero-order chi connectivity index (χ0) is 25.5. The summed E-state index contributed by atoms with van der Waals surface area (Å²) in [7, 11) is 1.57. The maximum absolute atomic E-state index is 12.7. The number of nitrogens with zero attached hydrogens (tertiary/aromatic N) is 2. The Balaban J connectivity index is 1.60. The van der Waals surface area contributed by atoms with Crippen molar-refractivity contribution in [3.8, 4) is 5.75 Å². The van der Waals surface area contributed by atoms with E-state index >= 15 is 0 Å². The molecule has 0 fully saturated rings. The molecular weight excluding hydrogens is 458 g/mol. The molecule has 4 rings (SSSR count). The lowest BCUT2D eigenvalue weighted by Crippen LogP contribution is -2.16. The molecule has 2 amide bonds. The lowest BCUT2D eigenvalue weighted by molar-refractivity contribution is 0.0998. The Labute approximate surface area is 208 Å². The highest BCUT2D eigenvalue weighted by Gasteiger charge is 2.17. The molecule has 0 radical (unpaired) electrons. The third-order valence-electron chi connectivity index (χ3n) is 5.79. The van der Waals surface area contributed by atoms with E-state index in [1.807, 2.05) is 30.3 Å². The summed E-state index contributed by atoms with van der Waals surface area (Å²) in [6.45, 7) is 0.0302. The Morgan fingerprint density at radius 3 is 2.56 bits per heavy atom. The van der Waals surface area contributed by atoms with Crippen molar-refractivity contribution < 1.29 is 19.4 Å². The molecule has 184 valence electrons. The molecule has 0 saturated heterocycles. The van der Waals surface area contributed by atoms with Gasteiger partial charge in [-0.1, -0.05) is 18.2 Å². The van der Waals surface area contributed by atoms with Gasteiger partial charge in [0.05, 0.1) is 24.2 Å². The Bertz CT molecular complexity index is 1370. The van der Waals surface area contributed by atoms with E-state index in [0.29, 0.717) is 52.1 Å². The molecule has 0 aliphatic rings. The van der Waals surface area contributed by atoms with Crippen LogP contribution in [-0.2, 0) is 0 Å². The average Bonchev–Trinajstić information content (AvgIpc) is 2.90. The Kier molecular flexibility index (Phi) is 7.72. The van der Waals surface area contributed by atoms with Crippen LogP contribution in [0.3, 0.4) is 0 Å². The number of methoxy groups -OCH3 is 1. The molecular formula is C27H27N5O4. The second kappa shape index (κ2) is 11.3. The molecule has 1 atom stereocenters. The van der Waals surface area contributed by atoms with E-state index < -0.39 is 5.91 Å². The minimum atomic E-state index is -0.567. The number of fused-ring (bicyclic) bond motifs is 1. The highest BCUT2D eigenvalue weighted by molar-refractivity contribution is 6.07. The zero-order valence-electron chi connectivity index (χ0n) is 19.8. The van der Waals surface area contributed by atoms with Crippen molar-refractivity contribution in [1.82, 2.24) is 9.97 Å². The van der Waals surface area contributed by atoms with E-state index in [2.05, 4.69) is 20.6 Å². The third kappa shape index (κ3) is 5.59. The van der Waals surface area contributed by atoms with Crippen LogP contribution in [-0.4, -0.2) is 40.6 Å². The van der Waals surface area contributed by atoms with Crippen LogP contribution in [0.4, 0.5) is 11.5 Å². The molecule has 3 aromatic carbocycles. The Hall–Kier alpha value is -4.50. The van der Waals surface area contributed by atoms with Gasteiger partial charge >= 0.3 is 0 Å². The van der Waals surface area contributed by atoms with Gasteiger partial charge < -0.3 is 26.2 Å². The van der Waals surface area contributed by atoms with Gasteiger partial charge in [0.15, 0.2) is 0 Å². The maximum atomic E-state index is 12.7. The van der Waals surface area contributed by atoms with Crippen molar-refractivity contribution in [2.45, 2.75) is 18.9 Å². The number of carbonyl (C=O) groups excluding carboxylic acids is 2. The van der Waals surface area contributed by atoms with Crippen LogP contribution in [0.5, 0.6) is 5.75 Å². The summed E-state index contributed by atoms with van der Waals surface area (Å²) in [6, 6.07) is 19.3. The van der Waals surface area contributed by atoms with Gasteiger partial charge in [-0.05, 0) is 66.9 Å². The first-order valence-corrected chi connectivity index (χ1v) is 11.5. The van der Waals surface area contributed by atoms with Gasteiger partial charge in [-0.2, -0.15) is 0 Å². The van der Waals surface area contributed by atoms with Crippen LogP contribution in [0.1, 0.15) is 45.2 Å². The topological polar surface area (TPSA) is 139 Å². The number of aliphatic hydroxyl groups is 1. The van der Waals surface area contributed by atoms with E-state index in [4.69, 9.17) is 10.5 Å². The van der Waals surface area contributed by atoms with Crippen LogP contribution in [0, 0.1) is 0 Å². The van der Waals surface area contributed by atoms with E-state index in [1.165, 1.54) is 6.33 Å². The number of benzene rings is 3. The summed E-state index contributed by atoms with van der Waals surface area (Å²) < 4.78 is 5.15. The van der Waals surface area contributed by atoms with Crippen LogP contribution in [0.2, 0.25) is 0 Å². The SMILES string of the molecule is COc1ccc(C(=O)Nc2cccc(C(CCCO)Nc3ncnc4c(C(N)=O)cccc34)c2)cc1. The first-order valence-electron chi connectivity index (χ1n) is 11.5. The first kappa shape index (κ1) is 24.6. The van der Waals surface area contributed by atoms with Crippen LogP contribution < -0.4 is 21.1 Å². The average molecular weight is 486 g/mol. The normalized spacial score (nSPS) is 11.6. The van der Waals surface area contributed by atoms with Gasteiger partial charge in [0.25, 0.3) is 11.8 Å². The largest absolute Gasteiger partial charge is 0.497 e. The summed E-state index contributed by atoms with van der Waals surface area (Å²) in [4.78, 5) is 33.2. The molecule has 0 spiro atoms. The number of primary amides is 1. The molecule has 36 heavy (non-hydrogen) atoms. The van der Waals surface area contributed by atoms with Crippen molar-refractivity contribution in [1.29, 1.82) is 0 Å².